The number of nitrogens with two attached hydrogens (primary N) is 2. The molecule has 0 spiro atoms. The Morgan fingerprint density at radius 3 is 1.61 bits per heavy atom. The fourth-order valence-corrected chi connectivity index (χ4v) is 3.41. The van der Waals surface area contributed by atoms with Crippen molar-refractivity contribution in [2.45, 2.75) is 77.4 Å². The van der Waals surface area contributed by atoms with Crippen LogP contribution in [0.2, 0.25) is 18.1 Å². The fraction of sp³-hybridized carbons (Fsp3) is 0.636. The number of nitrogen functional groups attached to an aromatic ring is 2. The maximum atomic E-state index is 9.05. The molecule has 0 unspecified atom stereocenters. The van der Waals surface area contributed by atoms with Gasteiger partial charge in [0.25, 0.3) is 0 Å². The average molecular weight is 449 g/mol. The lowest BCUT2D eigenvalue weighted by molar-refractivity contribution is 0.218. The molecule has 0 aliphatic rings. The first-order valence-electron chi connectivity index (χ1n) is 10.4. The Kier molecular flexibility index (Phi) is 8.70. The topological polar surface area (TPSA) is 133 Å². The second kappa shape index (κ2) is 10.0. The quantitative estimate of drug-likeness (QED) is 0.570. The first-order chi connectivity index (χ1) is 14.0. The Morgan fingerprint density at radius 2 is 1.26 bits per heavy atom. The molecule has 2 rings (SSSR count). The minimum Gasteiger partial charge on any atom is -0.416 e. The summed E-state index contributed by atoms with van der Waals surface area (Å²) in [5.41, 5.74) is 12.7. The van der Waals surface area contributed by atoms with Crippen LogP contribution in [0.5, 0.6) is 0 Å². The molecule has 9 heteroatoms. The number of aromatic nitrogens is 4. The van der Waals surface area contributed by atoms with Gasteiger partial charge in [-0.2, -0.15) is 10.2 Å². The molecule has 2 aromatic heterocycles. The van der Waals surface area contributed by atoms with Gasteiger partial charge in [-0.3, -0.25) is 0 Å². The van der Waals surface area contributed by atoms with Gasteiger partial charge in [0.05, 0.1) is 19.0 Å². The Morgan fingerprint density at radius 1 is 0.839 bits per heavy atom. The van der Waals surface area contributed by atoms with E-state index in [9.17, 15) is 0 Å². The molecule has 0 aromatic carbocycles. The molecule has 0 saturated heterocycles. The lowest BCUT2D eigenvalue weighted by Crippen LogP contribution is -2.44. The zero-order valence-corrected chi connectivity index (χ0v) is 21.5. The highest BCUT2D eigenvalue weighted by Gasteiger charge is 2.38. The third-order valence-electron chi connectivity index (χ3n) is 5.91. The highest BCUT2D eigenvalue weighted by Crippen LogP contribution is 2.38. The van der Waals surface area contributed by atoms with Crippen LogP contribution in [0.1, 0.15) is 59.6 Å². The van der Waals surface area contributed by atoms with Crippen molar-refractivity contribution in [2.75, 3.05) is 24.7 Å². The fourth-order valence-electron chi connectivity index (χ4n) is 2.26. The molecule has 8 nitrogen and oxygen atoms in total. The number of aliphatic hydroxyl groups is 1. The Hall–Kier alpha value is -2.10. The second-order valence-electron chi connectivity index (χ2n) is 10.7. The summed E-state index contributed by atoms with van der Waals surface area (Å²) in [7, 11) is -1.73. The first-order valence-corrected chi connectivity index (χ1v) is 13.3. The largest absolute Gasteiger partial charge is 0.416 e. The van der Waals surface area contributed by atoms with Gasteiger partial charge in [-0.1, -0.05) is 48.5 Å². The molecule has 0 amide bonds. The molecule has 0 fully saturated rings. The summed E-state index contributed by atoms with van der Waals surface area (Å²) in [5, 5.41) is 24.3. The Labute approximate surface area is 188 Å². The SMILES string of the molecule is CC(C)(CO)c1cnnc(N)c1.CC(C)(CO[Si](C)(C)C(C)(C)C)c1cnnc(N)c1. The van der Waals surface area contributed by atoms with Crippen LogP contribution in [0, 0.1) is 0 Å². The van der Waals surface area contributed by atoms with Gasteiger partial charge in [-0.15, -0.1) is 10.2 Å². The molecule has 0 saturated carbocycles. The van der Waals surface area contributed by atoms with Crippen molar-refractivity contribution in [2.24, 2.45) is 0 Å². The standard InChI is InChI=1S/C14H27N3OSi.C8H13N3O/c1-13(2,3)19(6,7)18-10-14(4,5)11-8-12(15)17-16-9-11;1-8(2,5-12)6-3-7(9)11-10-4-6/h8-9H,10H2,1-7H3,(H2,15,17);3-4,12H,5H2,1-2H3,(H2,9,11). The van der Waals surface area contributed by atoms with Crippen molar-refractivity contribution < 1.29 is 9.53 Å². The number of hydrogen-bond donors (Lipinski definition) is 3. The molecule has 2 heterocycles. The Balaban J connectivity index is 0.000000343. The normalized spacial score (nSPS) is 12.8. The van der Waals surface area contributed by atoms with Crippen molar-refractivity contribution in [1.29, 1.82) is 0 Å². The molecule has 0 aliphatic heterocycles. The van der Waals surface area contributed by atoms with E-state index >= 15 is 0 Å². The van der Waals surface area contributed by atoms with Crippen molar-refractivity contribution in [3.8, 4) is 0 Å². The molecule has 174 valence electrons. The number of nitrogens with zero attached hydrogens (tertiary/aromatic N) is 4. The van der Waals surface area contributed by atoms with Gasteiger partial charge < -0.3 is 21.0 Å². The van der Waals surface area contributed by atoms with E-state index in [1.807, 2.05) is 19.9 Å². The lowest BCUT2D eigenvalue weighted by atomic mass is 9.87. The molecule has 0 atom stereocenters. The smallest absolute Gasteiger partial charge is 0.192 e. The summed E-state index contributed by atoms with van der Waals surface area (Å²) in [5.74, 6) is 0.840. The minimum absolute atomic E-state index is 0.0676. The summed E-state index contributed by atoms with van der Waals surface area (Å²) >= 11 is 0. The zero-order chi connectivity index (χ0) is 24.1. The van der Waals surface area contributed by atoms with Crippen LogP contribution in [-0.2, 0) is 15.3 Å². The number of hydrogen-bond acceptors (Lipinski definition) is 8. The van der Waals surface area contributed by atoms with Crippen LogP contribution in [0.15, 0.2) is 24.5 Å². The van der Waals surface area contributed by atoms with E-state index in [0.717, 1.165) is 11.1 Å². The maximum absolute atomic E-state index is 9.05. The van der Waals surface area contributed by atoms with Gasteiger partial charge in [0.15, 0.2) is 8.32 Å². The number of anilines is 2. The van der Waals surface area contributed by atoms with Crippen LogP contribution in [-0.4, -0.2) is 47.0 Å². The van der Waals surface area contributed by atoms with Crippen molar-refractivity contribution >= 4 is 20.0 Å². The number of aliphatic hydroxyl groups excluding tert-OH is 1. The predicted molar refractivity (Wildman–Crippen MR) is 129 cm³/mol. The van der Waals surface area contributed by atoms with Gasteiger partial charge in [0.2, 0.25) is 0 Å². The average Bonchev–Trinajstić information content (AvgIpc) is 2.66. The van der Waals surface area contributed by atoms with Crippen LogP contribution in [0.4, 0.5) is 11.6 Å². The van der Waals surface area contributed by atoms with Crippen molar-refractivity contribution in [1.82, 2.24) is 20.4 Å². The molecule has 0 bridgehead atoms. The van der Waals surface area contributed by atoms with Crippen LogP contribution in [0.3, 0.4) is 0 Å². The van der Waals surface area contributed by atoms with E-state index in [1.54, 1.807) is 18.5 Å². The summed E-state index contributed by atoms with van der Waals surface area (Å²) in [6, 6.07) is 3.60. The van der Waals surface area contributed by atoms with Gasteiger partial charge in [-0.05, 0) is 41.4 Å². The molecule has 2 aromatic rings. The molecule has 0 aliphatic carbocycles. The van der Waals surface area contributed by atoms with E-state index in [0.29, 0.717) is 18.2 Å². The van der Waals surface area contributed by atoms with Crippen molar-refractivity contribution in [3.63, 3.8) is 0 Å². The highest BCUT2D eigenvalue weighted by molar-refractivity contribution is 6.74. The summed E-state index contributed by atoms with van der Waals surface area (Å²) < 4.78 is 6.30. The first kappa shape index (κ1) is 26.9. The Bertz CT molecular complexity index is 850. The lowest BCUT2D eigenvalue weighted by Gasteiger charge is -2.39. The number of rotatable bonds is 6. The molecular weight excluding hydrogens is 408 g/mol. The maximum Gasteiger partial charge on any atom is 0.192 e. The van der Waals surface area contributed by atoms with Crippen LogP contribution < -0.4 is 11.5 Å². The highest BCUT2D eigenvalue weighted by atomic mass is 28.4. The summed E-state index contributed by atoms with van der Waals surface area (Å²) in [6.45, 7) is 20.2. The molecule has 5 N–H and O–H groups in total. The van der Waals surface area contributed by atoms with Gasteiger partial charge in [0, 0.05) is 17.4 Å². The van der Waals surface area contributed by atoms with Gasteiger partial charge in [-0.25, -0.2) is 0 Å². The van der Waals surface area contributed by atoms with E-state index in [1.165, 1.54) is 0 Å². The van der Waals surface area contributed by atoms with E-state index in [2.05, 4.69) is 68.1 Å². The second-order valence-corrected chi connectivity index (χ2v) is 15.5. The van der Waals surface area contributed by atoms with Gasteiger partial charge in [0.1, 0.15) is 11.6 Å². The van der Waals surface area contributed by atoms with Crippen LogP contribution >= 0.6 is 0 Å². The van der Waals surface area contributed by atoms with Crippen LogP contribution in [0.25, 0.3) is 0 Å². The summed E-state index contributed by atoms with van der Waals surface area (Å²) in [4.78, 5) is 0. The third kappa shape index (κ3) is 7.83. The van der Waals surface area contributed by atoms with E-state index in [4.69, 9.17) is 21.0 Å². The predicted octanol–water partition coefficient (Wildman–Crippen LogP) is 3.69. The minimum atomic E-state index is -1.73. The van der Waals surface area contributed by atoms with E-state index < -0.39 is 8.32 Å². The molecule has 0 radical (unpaired) electrons. The molecular formula is C22H40N6O2Si. The monoisotopic (exact) mass is 448 g/mol. The zero-order valence-electron chi connectivity index (χ0n) is 20.5. The third-order valence-corrected chi connectivity index (χ3v) is 10.4. The van der Waals surface area contributed by atoms with Crippen molar-refractivity contribution in [3.05, 3.63) is 35.7 Å². The summed E-state index contributed by atoms with van der Waals surface area (Å²) in [6.07, 6.45) is 3.39. The van der Waals surface area contributed by atoms with E-state index in [-0.39, 0.29) is 22.5 Å². The van der Waals surface area contributed by atoms with Gasteiger partial charge >= 0.3 is 0 Å². The molecule has 31 heavy (non-hydrogen) atoms.